The van der Waals surface area contributed by atoms with E-state index in [9.17, 15) is 0 Å². The van der Waals surface area contributed by atoms with Crippen LogP contribution in [0.25, 0.3) is 0 Å². The van der Waals surface area contributed by atoms with Gasteiger partial charge in [-0.2, -0.15) is 4.98 Å². The number of aromatic nitrogens is 2. The quantitative estimate of drug-likeness (QED) is 0.325. The Hall–Kier alpha value is -1.36. The number of unbranched alkanes of at least 4 members (excludes halogenated alkanes) is 7. The Morgan fingerprint density at radius 3 is 2.42 bits per heavy atom. The predicted octanol–water partition coefficient (Wildman–Crippen LogP) is 3.31. The fraction of sp³-hybridized carbons (Fsp3) is 0.714. The van der Waals surface area contributed by atoms with Crippen molar-refractivity contribution in [1.82, 2.24) is 9.97 Å². The number of hydrazine groups is 1. The van der Waals surface area contributed by atoms with Crippen LogP contribution in [-0.2, 0) is 0 Å². The summed E-state index contributed by atoms with van der Waals surface area (Å²) < 4.78 is 0. The maximum atomic E-state index is 5.26. The van der Waals surface area contributed by atoms with E-state index in [-0.39, 0.29) is 0 Å². The second kappa shape index (κ2) is 10.6. The molecule has 5 nitrogen and oxygen atoms in total. The Labute approximate surface area is 116 Å². The minimum Gasteiger partial charge on any atom is -0.370 e. The van der Waals surface area contributed by atoms with Crippen molar-refractivity contribution in [1.29, 1.82) is 0 Å². The molecule has 0 amide bonds. The topological polar surface area (TPSA) is 75.9 Å². The first-order chi connectivity index (χ1) is 9.36. The summed E-state index contributed by atoms with van der Waals surface area (Å²) in [5.41, 5.74) is 2.44. The van der Waals surface area contributed by atoms with E-state index >= 15 is 0 Å². The van der Waals surface area contributed by atoms with Crippen molar-refractivity contribution in [2.45, 2.75) is 58.3 Å². The highest BCUT2D eigenvalue weighted by Crippen LogP contribution is 2.09. The van der Waals surface area contributed by atoms with Crippen LogP contribution in [0.2, 0.25) is 0 Å². The molecule has 0 saturated heterocycles. The molecule has 4 N–H and O–H groups in total. The van der Waals surface area contributed by atoms with Gasteiger partial charge in [0.15, 0.2) is 0 Å². The molecule has 0 bridgehead atoms. The Morgan fingerprint density at radius 1 is 1.05 bits per heavy atom. The van der Waals surface area contributed by atoms with Gasteiger partial charge in [0.25, 0.3) is 0 Å². The molecular weight excluding hydrogens is 238 g/mol. The highest BCUT2D eigenvalue weighted by Gasteiger charge is 1.96. The number of hydrogen-bond donors (Lipinski definition) is 3. The lowest BCUT2D eigenvalue weighted by molar-refractivity contribution is 0.581. The van der Waals surface area contributed by atoms with E-state index < -0.39 is 0 Å². The summed E-state index contributed by atoms with van der Waals surface area (Å²) in [6, 6.07) is 1.85. The van der Waals surface area contributed by atoms with E-state index in [4.69, 9.17) is 5.84 Å². The van der Waals surface area contributed by atoms with Crippen LogP contribution in [0, 0.1) is 0 Å². The van der Waals surface area contributed by atoms with Crippen molar-refractivity contribution in [3.8, 4) is 0 Å². The van der Waals surface area contributed by atoms with Crippen LogP contribution in [-0.4, -0.2) is 16.5 Å². The normalized spacial score (nSPS) is 10.4. The van der Waals surface area contributed by atoms with Gasteiger partial charge in [0.2, 0.25) is 5.95 Å². The van der Waals surface area contributed by atoms with Gasteiger partial charge in [0.05, 0.1) is 0 Å². The van der Waals surface area contributed by atoms with Gasteiger partial charge in [-0.3, -0.25) is 5.43 Å². The summed E-state index contributed by atoms with van der Waals surface area (Å²) in [6.45, 7) is 3.21. The van der Waals surface area contributed by atoms with Crippen LogP contribution in [0.1, 0.15) is 58.3 Å². The maximum Gasteiger partial charge on any atom is 0.239 e. The van der Waals surface area contributed by atoms with Crippen LogP contribution >= 0.6 is 0 Å². The zero-order valence-corrected chi connectivity index (χ0v) is 12.0. The Balaban J connectivity index is 1.98. The lowest BCUT2D eigenvalue weighted by Crippen LogP contribution is -2.12. The van der Waals surface area contributed by atoms with Gasteiger partial charge in [-0.25, -0.2) is 10.8 Å². The molecular formula is C14H27N5. The first-order valence-electron chi connectivity index (χ1n) is 7.40. The Morgan fingerprint density at radius 2 is 1.74 bits per heavy atom. The second-order valence-corrected chi connectivity index (χ2v) is 4.81. The van der Waals surface area contributed by atoms with Gasteiger partial charge in [0, 0.05) is 12.7 Å². The van der Waals surface area contributed by atoms with Crippen molar-refractivity contribution in [3.63, 3.8) is 0 Å². The monoisotopic (exact) mass is 265 g/mol. The van der Waals surface area contributed by atoms with Gasteiger partial charge in [-0.1, -0.05) is 51.9 Å². The minimum absolute atomic E-state index is 0.445. The number of rotatable bonds is 11. The first kappa shape index (κ1) is 15.7. The zero-order valence-electron chi connectivity index (χ0n) is 12.0. The average Bonchev–Trinajstić information content (AvgIpc) is 2.46. The molecule has 19 heavy (non-hydrogen) atoms. The fourth-order valence-electron chi connectivity index (χ4n) is 2.00. The average molecular weight is 265 g/mol. The third-order valence-electron chi connectivity index (χ3n) is 3.12. The summed E-state index contributed by atoms with van der Waals surface area (Å²) >= 11 is 0. The third kappa shape index (κ3) is 7.62. The lowest BCUT2D eigenvalue weighted by Gasteiger charge is -2.06. The van der Waals surface area contributed by atoms with E-state index in [0.717, 1.165) is 12.4 Å². The van der Waals surface area contributed by atoms with Crippen molar-refractivity contribution in [3.05, 3.63) is 12.3 Å². The molecule has 0 saturated carbocycles. The minimum atomic E-state index is 0.445. The van der Waals surface area contributed by atoms with Crippen molar-refractivity contribution in [2.75, 3.05) is 17.3 Å². The molecule has 0 fully saturated rings. The lowest BCUT2D eigenvalue weighted by atomic mass is 10.1. The van der Waals surface area contributed by atoms with Gasteiger partial charge in [-0.05, 0) is 12.5 Å². The standard InChI is InChI=1S/C14H27N5/c1-2-3-4-5-6-7-8-9-11-16-13-10-12-17-14(18-13)19-15/h10,12H,2-9,11,15H2,1H3,(H2,16,17,18,19). The number of nitrogens with one attached hydrogen (secondary N) is 2. The number of nitrogens with zero attached hydrogens (tertiary/aromatic N) is 2. The summed E-state index contributed by atoms with van der Waals surface area (Å²) in [7, 11) is 0. The predicted molar refractivity (Wildman–Crippen MR) is 80.9 cm³/mol. The highest BCUT2D eigenvalue weighted by atomic mass is 15.3. The molecule has 0 spiro atoms. The molecule has 0 unspecified atom stereocenters. The number of hydrogen-bond acceptors (Lipinski definition) is 5. The van der Waals surface area contributed by atoms with Crippen LogP contribution in [0.3, 0.4) is 0 Å². The molecule has 1 aromatic rings. The smallest absolute Gasteiger partial charge is 0.239 e. The number of nitrogens with two attached hydrogens (primary N) is 1. The van der Waals surface area contributed by atoms with Gasteiger partial charge < -0.3 is 5.32 Å². The van der Waals surface area contributed by atoms with Crippen LogP contribution < -0.4 is 16.6 Å². The SMILES string of the molecule is CCCCCCCCCCNc1ccnc(NN)n1. The molecule has 1 rings (SSSR count). The summed E-state index contributed by atoms with van der Waals surface area (Å²) in [5.74, 6) is 6.53. The molecule has 1 aromatic heterocycles. The number of anilines is 2. The maximum absolute atomic E-state index is 5.26. The second-order valence-electron chi connectivity index (χ2n) is 4.81. The molecule has 0 aromatic carbocycles. The largest absolute Gasteiger partial charge is 0.370 e. The Bertz CT molecular complexity index is 329. The summed E-state index contributed by atoms with van der Waals surface area (Å²) in [4.78, 5) is 8.16. The summed E-state index contributed by atoms with van der Waals surface area (Å²) in [5, 5.41) is 3.28. The molecule has 0 aliphatic rings. The molecule has 1 heterocycles. The van der Waals surface area contributed by atoms with E-state index in [1.165, 1.54) is 51.4 Å². The van der Waals surface area contributed by atoms with Crippen LogP contribution in [0.4, 0.5) is 11.8 Å². The van der Waals surface area contributed by atoms with Crippen molar-refractivity contribution >= 4 is 11.8 Å². The van der Waals surface area contributed by atoms with Gasteiger partial charge >= 0.3 is 0 Å². The van der Waals surface area contributed by atoms with E-state index in [1.54, 1.807) is 6.20 Å². The first-order valence-corrected chi connectivity index (χ1v) is 7.40. The van der Waals surface area contributed by atoms with Gasteiger partial charge in [0.1, 0.15) is 5.82 Å². The van der Waals surface area contributed by atoms with Crippen molar-refractivity contribution < 1.29 is 0 Å². The highest BCUT2D eigenvalue weighted by molar-refractivity contribution is 5.38. The number of nitrogen functional groups attached to an aromatic ring is 1. The zero-order chi connectivity index (χ0) is 13.8. The van der Waals surface area contributed by atoms with Crippen LogP contribution in [0.15, 0.2) is 12.3 Å². The van der Waals surface area contributed by atoms with Crippen LogP contribution in [0.5, 0.6) is 0 Å². The van der Waals surface area contributed by atoms with E-state index in [1.807, 2.05) is 6.07 Å². The van der Waals surface area contributed by atoms with Crippen molar-refractivity contribution in [2.24, 2.45) is 5.84 Å². The molecule has 0 aliphatic heterocycles. The molecule has 0 radical (unpaired) electrons. The Kier molecular flexibility index (Phi) is 8.72. The van der Waals surface area contributed by atoms with E-state index in [2.05, 4.69) is 27.6 Å². The third-order valence-corrected chi connectivity index (χ3v) is 3.12. The fourth-order valence-corrected chi connectivity index (χ4v) is 2.00. The summed E-state index contributed by atoms with van der Waals surface area (Å²) in [6.07, 6.45) is 12.4. The molecule has 108 valence electrons. The molecule has 0 atom stereocenters. The molecule has 0 aliphatic carbocycles. The molecule has 5 heteroatoms. The van der Waals surface area contributed by atoms with Gasteiger partial charge in [-0.15, -0.1) is 0 Å². The van der Waals surface area contributed by atoms with E-state index in [0.29, 0.717) is 5.95 Å².